The van der Waals surface area contributed by atoms with Gasteiger partial charge in [-0.05, 0) is 67.1 Å². The molecule has 3 aromatic carbocycles. The number of rotatable bonds is 8. The lowest BCUT2D eigenvalue weighted by molar-refractivity contribution is -0.131. The Labute approximate surface area is 198 Å². The predicted molar refractivity (Wildman–Crippen MR) is 134 cm³/mol. The van der Waals surface area contributed by atoms with Crippen LogP contribution in [0, 0.1) is 13.8 Å². The number of hydrogen-bond donors (Lipinski definition) is 1. The van der Waals surface area contributed by atoms with Gasteiger partial charge >= 0.3 is 5.97 Å². The summed E-state index contributed by atoms with van der Waals surface area (Å²) in [6.45, 7) is 4.54. The van der Waals surface area contributed by atoms with Crippen LogP contribution in [-0.2, 0) is 11.2 Å². The Morgan fingerprint density at radius 1 is 1.03 bits per heavy atom. The molecule has 0 spiro atoms. The smallest absolute Gasteiger partial charge is 0.330 e. The van der Waals surface area contributed by atoms with Crippen molar-refractivity contribution in [3.8, 4) is 5.75 Å². The molecule has 1 N–H and O–H groups in total. The van der Waals surface area contributed by atoms with Crippen molar-refractivity contribution in [3.05, 3.63) is 106 Å². The first-order chi connectivity index (χ1) is 15.9. The summed E-state index contributed by atoms with van der Waals surface area (Å²) in [5.74, 6) is -0.150. The van der Waals surface area contributed by atoms with Crippen LogP contribution >= 0.6 is 11.6 Å². The van der Waals surface area contributed by atoms with E-state index in [1.54, 1.807) is 0 Å². The highest BCUT2D eigenvalue weighted by Crippen LogP contribution is 2.29. The monoisotopic (exact) mass is 459 g/mol. The molecule has 1 heterocycles. The van der Waals surface area contributed by atoms with Crippen molar-refractivity contribution in [2.75, 3.05) is 6.61 Å². The molecular weight excluding hydrogens is 434 g/mol. The molecule has 0 radical (unpaired) electrons. The van der Waals surface area contributed by atoms with Crippen molar-refractivity contribution in [1.82, 2.24) is 4.57 Å². The quantitative estimate of drug-likeness (QED) is 0.230. The molecule has 0 unspecified atom stereocenters. The van der Waals surface area contributed by atoms with Gasteiger partial charge in [-0.15, -0.1) is 0 Å². The number of hydrogen-bond acceptors (Lipinski definition) is 2. The standard InChI is InChI=1S/C28H26ClNO3/c1-19-15-23(16-20(2)28(19)29)33-14-8-11-22-18-30(25-13-7-6-12-24(22)25)26(17-27(31)32)21-9-4-3-5-10-21/h3-7,9-10,12-13,15-18H,8,11,14H2,1-2H3,(H,31,32). The largest absolute Gasteiger partial charge is 0.494 e. The van der Waals surface area contributed by atoms with Crippen LogP contribution in [0.3, 0.4) is 0 Å². The normalized spacial score (nSPS) is 11.7. The fraction of sp³-hybridized carbons (Fsp3) is 0.179. The van der Waals surface area contributed by atoms with E-state index in [-0.39, 0.29) is 0 Å². The molecule has 4 aromatic rings. The molecule has 4 rings (SSSR count). The van der Waals surface area contributed by atoms with Crippen molar-refractivity contribution in [2.45, 2.75) is 26.7 Å². The van der Waals surface area contributed by atoms with Crippen LogP contribution in [0.1, 0.15) is 28.7 Å². The summed E-state index contributed by atoms with van der Waals surface area (Å²) < 4.78 is 7.95. The number of carboxylic acid groups (broad SMARTS) is 1. The van der Waals surface area contributed by atoms with Gasteiger partial charge in [0, 0.05) is 22.7 Å². The second-order valence-electron chi connectivity index (χ2n) is 8.10. The Balaban J connectivity index is 1.58. The molecule has 0 aliphatic heterocycles. The maximum absolute atomic E-state index is 11.6. The highest BCUT2D eigenvalue weighted by atomic mass is 35.5. The minimum Gasteiger partial charge on any atom is -0.494 e. The summed E-state index contributed by atoms with van der Waals surface area (Å²) >= 11 is 6.25. The highest BCUT2D eigenvalue weighted by Gasteiger charge is 2.14. The van der Waals surface area contributed by atoms with E-state index in [2.05, 4.69) is 6.07 Å². The van der Waals surface area contributed by atoms with Gasteiger partial charge in [0.1, 0.15) is 5.75 Å². The third-order valence-corrected chi connectivity index (χ3v) is 6.25. The van der Waals surface area contributed by atoms with Crippen LogP contribution in [0.4, 0.5) is 0 Å². The lowest BCUT2D eigenvalue weighted by Gasteiger charge is -2.11. The minimum atomic E-state index is -0.977. The molecule has 0 saturated heterocycles. The van der Waals surface area contributed by atoms with Crippen molar-refractivity contribution in [2.24, 2.45) is 0 Å². The van der Waals surface area contributed by atoms with Gasteiger partial charge in [-0.3, -0.25) is 0 Å². The lowest BCUT2D eigenvalue weighted by atomic mass is 10.1. The van der Waals surface area contributed by atoms with Gasteiger partial charge in [-0.1, -0.05) is 60.1 Å². The molecule has 0 aliphatic carbocycles. The average molecular weight is 460 g/mol. The van der Waals surface area contributed by atoms with Crippen LogP contribution in [0.15, 0.2) is 79.0 Å². The van der Waals surface area contributed by atoms with Gasteiger partial charge in [-0.25, -0.2) is 4.79 Å². The Morgan fingerprint density at radius 3 is 2.39 bits per heavy atom. The second-order valence-corrected chi connectivity index (χ2v) is 8.48. The summed E-state index contributed by atoms with van der Waals surface area (Å²) in [4.78, 5) is 11.6. The number of benzene rings is 3. The molecule has 4 nitrogen and oxygen atoms in total. The van der Waals surface area contributed by atoms with Crippen LogP contribution in [0.5, 0.6) is 5.75 Å². The zero-order valence-electron chi connectivity index (χ0n) is 18.7. The number of fused-ring (bicyclic) bond motifs is 1. The fourth-order valence-corrected chi connectivity index (χ4v) is 4.22. The predicted octanol–water partition coefficient (Wildman–Crippen LogP) is 6.90. The topological polar surface area (TPSA) is 51.5 Å². The Hall–Kier alpha value is -3.50. The Morgan fingerprint density at radius 2 is 1.70 bits per heavy atom. The van der Waals surface area contributed by atoms with Gasteiger partial charge < -0.3 is 14.4 Å². The number of nitrogens with zero attached hydrogens (tertiary/aromatic N) is 1. The number of halogens is 1. The summed E-state index contributed by atoms with van der Waals surface area (Å²) in [7, 11) is 0. The van der Waals surface area contributed by atoms with E-state index in [0.717, 1.165) is 56.8 Å². The van der Waals surface area contributed by atoms with E-state index in [1.165, 1.54) is 6.08 Å². The van der Waals surface area contributed by atoms with Gasteiger partial charge in [0.25, 0.3) is 0 Å². The maximum atomic E-state index is 11.6. The van der Waals surface area contributed by atoms with E-state index < -0.39 is 5.97 Å². The molecule has 33 heavy (non-hydrogen) atoms. The van der Waals surface area contributed by atoms with E-state index in [4.69, 9.17) is 16.3 Å². The molecule has 0 atom stereocenters. The van der Waals surface area contributed by atoms with Crippen LogP contribution in [0.2, 0.25) is 5.02 Å². The molecule has 0 amide bonds. The zero-order valence-corrected chi connectivity index (χ0v) is 19.5. The number of aromatic nitrogens is 1. The molecule has 0 aliphatic rings. The molecule has 168 valence electrons. The third kappa shape index (κ3) is 5.12. The fourth-order valence-electron chi connectivity index (χ4n) is 4.11. The van der Waals surface area contributed by atoms with E-state index in [0.29, 0.717) is 12.3 Å². The number of ether oxygens (including phenoxy) is 1. The summed E-state index contributed by atoms with van der Waals surface area (Å²) in [5.41, 5.74) is 5.64. The number of carbonyl (C=O) groups is 1. The number of carboxylic acids is 1. The first kappa shape index (κ1) is 22.7. The summed E-state index contributed by atoms with van der Waals surface area (Å²) in [5, 5.41) is 11.4. The highest BCUT2D eigenvalue weighted by molar-refractivity contribution is 6.32. The molecule has 5 heteroatoms. The molecule has 0 bridgehead atoms. The van der Waals surface area contributed by atoms with E-state index >= 15 is 0 Å². The van der Waals surface area contributed by atoms with E-state index in [9.17, 15) is 9.90 Å². The maximum Gasteiger partial charge on any atom is 0.330 e. The van der Waals surface area contributed by atoms with Gasteiger partial charge in [0.05, 0.1) is 17.8 Å². The van der Waals surface area contributed by atoms with Crippen LogP contribution in [-0.4, -0.2) is 22.2 Å². The number of para-hydroxylation sites is 1. The summed E-state index contributed by atoms with van der Waals surface area (Å²) in [6, 6.07) is 21.6. The van der Waals surface area contributed by atoms with Crippen molar-refractivity contribution in [1.29, 1.82) is 0 Å². The zero-order chi connectivity index (χ0) is 23.4. The van der Waals surface area contributed by atoms with Gasteiger partial charge in [0.2, 0.25) is 0 Å². The van der Waals surface area contributed by atoms with Gasteiger partial charge in [-0.2, -0.15) is 0 Å². The van der Waals surface area contributed by atoms with Crippen molar-refractivity contribution in [3.63, 3.8) is 0 Å². The Kier molecular flexibility index (Phi) is 6.85. The van der Waals surface area contributed by atoms with Gasteiger partial charge in [0.15, 0.2) is 0 Å². The average Bonchev–Trinajstić information content (AvgIpc) is 3.17. The lowest BCUT2D eigenvalue weighted by Crippen LogP contribution is -2.02. The SMILES string of the molecule is Cc1cc(OCCCc2cn(C(=CC(=O)O)c3ccccc3)c3ccccc23)cc(C)c1Cl. The molecular formula is C28H26ClNO3. The Bertz CT molecular complexity index is 1300. The number of aryl methyl sites for hydroxylation is 3. The molecule has 1 aromatic heterocycles. The molecule has 0 saturated carbocycles. The van der Waals surface area contributed by atoms with Crippen molar-refractivity contribution < 1.29 is 14.6 Å². The second kappa shape index (κ2) is 9.97. The van der Waals surface area contributed by atoms with E-state index in [1.807, 2.05) is 85.3 Å². The van der Waals surface area contributed by atoms with Crippen molar-refractivity contribution >= 4 is 34.2 Å². The third-order valence-electron chi connectivity index (χ3n) is 5.65. The first-order valence-corrected chi connectivity index (χ1v) is 11.3. The molecule has 0 fully saturated rings. The minimum absolute atomic E-state index is 0.580. The summed E-state index contributed by atoms with van der Waals surface area (Å²) in [6.07, 6.45) is 4.95. The first-order valence-electron chi connectivity index (χ1n) is 10.9. The van der Waals surface area contributed by atoms with Crippen LogP contribution in [0.25, 0.3) is 16.6 Å². The van der Waals surface area contributed by atoms with Crippen LogP contribution < -0.4 is 4.74 Å². The number of aliphatic carboxylic acids is 1.